The Kier molecular flexibility index (Phi) is 6.04. The lowest BCUT2D eigenvalue weighted by molar-refractivity contribution is 0.285. The molecule has 142 valence electrons. The first-order valence-corrected chi connectivity index (χ1v) is 11.3. The Morgan fingerprint density at radius 3 is 2.54 bits per heavy atom. The molecule has 1 saturated carbocycles. The van der Waals surface area contributed by atoms with Gasteiger partial charge in [-0.25, -0.2) is 13.4 Å². The highest BCUT2D eigenvalue weighted by molar-refractivity contribution is 7.98. The highest BCUT2D eigenvalue weighted by atomic mass is 32.2. The number of aryl methyl sites for hydroxylation is 2. The minimum Gasteiger partial charge on any atom is -0.361 e. The van der Waals surface area contributed by atoms with Crippen molar-refractivity contribution in [3.8, 4) is 0 Å². The van der Waals surface area contributed by atoms with Crippen LogP contribution in [0.1, 0.15) is 49.1 Å². The average Bonchev–Trinajstić information content (AvgIpc) is 2.98. The maximum atomic E-state index is 12.8. The van der Waals surface area contributed by atoms with Gasteiger partial charge >= 0.3 is 0 Å². The summed E-state index contributed by atoms with van der Waals surface area (Å²) in [6.45, 7) is 3.80. The fraction of sp³-hybridized carbons (Fsp3) is 0.556. The Morgan fingerprint density at radius 1 is 1.23 bits per heavy atom. The zero-order valence-electron chi connectivity index (χ0n) is 15.4. The number of sulfonamides is 1. The van der Waals surface area contributed by atoms with E-state index in [2.05, 4.69) is 10.1 Å². The van der Waals surface area contributed by atoms with Gasteiger partial charge in [0.15, 0.2) is 0 Å². The standard InChI is InChI=1S/C18H25N3O3S2/c1-13-17(14(2)24-20-13)12-25-18-10-9-16(11-19-18)26(22,23)21(3)15-7-5-4-6-8-15/h9-11,15H,4-8,12H2,1-3H3. The molecule has 2 aromatic rings. The van der Waals surface area contributed by atoms with Crippen molar-refractivity contribution in [1.82, 2.24) is 14.4 Å². The fourth-order valence-corrected chi connectivity index (χ4v) is 5.62. The van der Waals surface area contributed by atoms with Crippen molar-refractivity contribution in [3.63, 3.8) is 0 Å². The molecule has 3 rings (SSSR count). The minimum atomic E-state index is -3.49. The third kappa shape index (κ3) is 4.13. The van der Waals surface area contributed by atoms with Crippen molar-refractivity contribution in [2.75, 3.05) is 7.05 Å². The summed E-state index contributed by atoms with van der Waals surface area (Å²) in [6.07, 6.45) is 6.73. The lowest BCUT2D eigenvalue weighted by Crippen LogP contribution is -2.38. The Balaban J connectivity index is 1.68. The van der Waals surface area contributed by atoms with Crippen molar-refractivity contribution >= 4 is 21.8 Å². The van der Waals surface area contributed by atoms with E-state index in [-0.39, 0.29) is 10.9 Å². The molecular weight excluding hydrogens is 370 g/mol. The van der Waals surface area contributed by atoms with E-state index in [0.717, 1.165) is 47.7 Å². The van der Waals surface area contributed by atoms with Crippen molar-refractivity contribution in [2.24, 2.45) is 0 Å². The molecule has 0 aromatic carbocycles. The predicted octanol–water partition coefficient (Wildman–Crippen LogP) is 3.93. The molecule has 0 aliphatic heterocycles. The number of nitrogens with zero attached hydrogens (tertiary/aromatic N) is 3. The van der Waals surface area contributed by atoms with Crippen LogP contribution in [0, 0.1) is 13.8 Å². The average molecular weight is 396 g/mol. The minimum absolute atomic E-state index is 0.0994. The van der Waals surface area contributed by atoms with Crippen LogP contribution in [0.4, 0.5) is 0 Å². The number of aromatic nitrogens is 2. The van der Waals surface area contributed by atoms with E-state index in [1.165, 1.54) is 16.9 Å². The molecule has 0 bridgehead atoms. The monoisotopic (exact) mass is 395 g/mol. The molecule has 0 unspecified atom stereocenters. The highest BCUT2D eigenvalue weighted by Gasteiger charge is 2.29. The molecule has 6 nitrogen and oxygen atoms in total. The first-order valence-electron chi connectivity index (χ1n) is 8.88. The SMILES string of the molecule is Cc1noc(C)c1CSc1ccc(S(=O)(=O)N(C)C2CCCCC2)cn1. The van der Waals surface area contributed by atoms with Gasteiger partial charge in [-0.3, -0.25) is 0 Å². The molecule has 8 heteroatoms. The van der Waals surface area contributed by atoms with Gasteiger partial charge in [-0.05, 0) is 38.8 Å². The molecule has 0 spiro atoms. The third-order valence-corrected chi connectivity index (χ3v) is 7.88. The summed E-state index contributed by atoms with van der Waals surface area (Å²) in [5.74, 6) is 1.51. The van der Waals surface area contributed by atoms with Gasteiger partial charge in [0, 0.05) is 30.6 Å². The van der Waals surface area contributed by atoms with Gasteiger partial charge in [-0.2, -0.15) is 4.31 Å². The molecule has 0 radical (unpaired) electrons. The topological polar surface area (TPSA) is 76.3 Å². The van der Waals surface area contributed by atoms with Crippen molar-refractivity contribution in [3.05, 3.63) is 35.3 Å². The second-order valence-corrected chi connectivity index (χ2v) is 9.73. The van der Waals surface area contributed by atoms with E-state index in [1.54, 1.807) is 30.9 Å². The van der Waals surface area contributed by atoms with Crippen molar-refractivity contribution in [1.29, 1.82) is 0 Å². The van der Waals surface area contributed by atoms with Gasteiger partial charge in [0.1, 0.15) is 10.7 Å². The summed E-state index contributed by atoms with van der Waals surface area (Å²) in [5.41, 5.74) is 1.94. The van der Waals surface area contributed by atoms with Gasteiger partial charge in [0.25, 0.3) is 0 Å². The Bertz CT molecular complexity index is 822. The zero-order valence-corrected chi connectivity index (χ0v) is 17.1. The van der Waals surface area contributed by atoms with Crippen molar-refractivity contribution < 1.29 is 12.9 Å². The summed E-state index contributed by atoms with van der Waals surface area (Å²) < 4.78 is 32.4. The second-order valence-electron chi connectivity index (χ2n) is 6.74. The van der Waals surface area contributed by atoms with Crippen LogP contribution < -0.4 is 0 Å². The van der Waals surface area contributed by atoms with E-state index in [1.807, 2.05) is 13.8 Å². The molecule has 26 heavy (non-hydrogen) atoms. The molecule has 2 heterocycles. The number of rotatable bonds is 6. The summed E-state index contributed by atoms with van der Waals surface area (Å²) >= 11 is 1.54. The first-order chi connectivity index (χ1) is 12.4. The Morgan fingerprint density at radius 2 is 1.96 bits per heavy atom. The number of hydrogen-bond donors (Lipinski definition) is 0. The van der Waals surface area contributed by atoms with Crippen LogP contribution in [-0.2, 0) is 15.8 Å². The summed E-state index contributed by atoms with van der Waals surface area (Å²) in [7, 11) is -1.80. The van der Waals surface area contributed by atoms with E-state index in [4.69, 9.17) is 4.52 Å². The molecule has 1 aliphatic rings. The second kappa shape index (κ2) is 8.10. The van der Waals surface area contributed by atoms with Gasteiger partial charge in [0.05, 0.1) is 10.7 Å². The van der Waals surface area contributed by atoms with E-state index >= 15 is 0 Å². The maximum absolute atomic E-state index is 12.8. The molecule has 2 aromatic heterocycles. The van der Waals surface area contributed by atoms with Gasteiger partial charge in [0.2, 0.25) is 10.0 Å². The Hall–Kier alpha value is -1.38. The highest BCUT2D eigenvalue weighted by Crippen LogP contribution is 2.28. The van der Waals surface area contributed by atoms with Crippen LogP contribution in [0.5, 0.6) is 0 Å². The molecule has 0 amide bonds. The van der Waals surface area contributed by atoms with Crippen LogP contribution in [-0.4, -0.2) is 36.0 Å². The van der Waals surface area contributed by atoms with Crippen LogP contribution in [0.3, 0.4) is 0 Å². The van der Waals surface area contributed by atoms with Crippen LogP contribution >= 0.6 is 11.8 Å². The lowest BCUT2D eigenvalue weighted by atomic mass is 9.96. The number of hydrogen-bond acceptors (Lipinski definition) is 6. The normalized spacial score (nSPS) is 16.3. The van der Waals surface area contributed by atoms with Gasteiger partial charge in [-0.1, -0.05) is 24.4 Å². The number of thioether (sulfide) groups is 1. The van der Waals surface area contributed by atoms with Crippen molar-refractivity contribution in [2.45, 2.75) is 67.7 Å². The smallest absolute Gasteiger partial charge is 0.244 e. The summed E-state index contributed by atoms with van der Waals surface area (Å²) in [5, 5.41) is 4.73. The van der Waals surface area contributed by atoms with Crippen LogP contribution in [0.2, 0.25) is 0 Å². The van der Waals surface area contributed by atoms with Gasteiger partial charge < -0.3 is 4.52 Å². The lowest BCUT2D eigenvalue weighted by Gasteiger charge is -2.30. The molecule has 1 fully saturated rings. The fourth-order valence-electron chi connectivity index (χ4n) is 3.27. The molecule has 1 aliphatic carbocycles. The van der Waals surface area contributed by atoms with E-state index in [0.29, 0.717) is 5.75 Å². The molecule has 0 atom stereocenters. The van der Waals surface area contributed by atoms with Crippen LogP contribution in [0.25, 0.3) is 0 Å². The third-order valence-electron chi connectivity index (χ3n) is 5.02. The van der Waals surface area contributed by atoms with E-state index in [9.17, 15) is 8.42 Å². The summed E-state index contributed by atoms with van der Waals surface area (Å²) in [4.78, 5) is 4.59. The molecule has 0 N–H and O–H groups in total. The van der Waals surface area contributed by atoms with Crippen LogP contribution in [0.15, 0.2) is 32.8 Å². The predicted molar refractivity (Wildman–Crippen MR) is 102 cm³/mol. The van der Waals surface area contributed by atoms with E-state index < -0.39 is 10.0 Å². The van der Waals surface area contributed by atoms with Gasteiger partial charge in [-0.15, -0.1) is 11.8 Å². The first kappa shape index (κ1) is 19.4. The Labute approximate surface area is 159 Å². The quantitative estimate of drug-likeness (QED) is 0.690. The largest absolute Gasteiger partial charge is 0.361 e. The molecular formula is C18H25N3O3S2. The number of pyridine rings is 1. The zero-order chi connectivity index (χ0) is 18.7. The maximum Gasteiger partial charge on any atom is 0.244 e. The molecule has 0 saturated heterocycles. The summed E-state index contributed by atoms with van der Waals surface area (Å²) in [6, 6.07) is 3.52.